The van der Waals surface area contributed by atoms with Crippen molar-refractivity contribution < 1.29 is 63.0 Å². The van der Waals surface area contributed by atoms with Gasteiger partial charge in [-0.25, -0.2) is 8.42 Å². The smallest absolute Gasteiger partial charge is 0.748 e. The number of amides is 1. The van der Waals surface area contributed by atoms with Crippen molar-refractivity contribution in [3.8, 4) is 0 Å². The predicted molar refractivity (Wildman–Crippen MR) is 129 cm³/mol. The summed E-state index contributed by atoms with van der Waals surface area (Å²) in [7, 11) is -5.64. The molecule has 4 aliphatic rings. The molecule has 0 aromatic rings. The Labute approximate surface area is 239 Å². The number of nitrogens with one attached hydrogen (secondary N) is 1. The number of rotatable bonds is 7. The molecule has 4 rings (SSSR count). The van der Waals surface area contributed by atoms with E-state index in [1.165, 1.54) is 0 Å². The van der Waals surface area contributed by atoms with Gasteiger partial charge < -0.3 is 20.1 Å². The van der Waals surface area contributed by atoms with Crippen molar-refractivity contribution in [1.29, 1.82) is 0 Å². The van der Waals surface area contributed by atoms with E-state index in [4.69, 9.17) is 5.48 Å². The van der Waals surface area contributed by atoms with Crippen LogP contribution in [0.2, 0.25) is 0 Å². The van der Waals surface area contributed by atoms with Gasteiger partial charge in [-0.15, -0.1) is 0 Å². The van der Waals surface area contributed by atoms with Crippen molar-refractivity contribution >= 4 is 16.0 Å². The molecule has 0 bridgehead atoms. The largest absolute Gasteiger partial charge is 1.00 e. The molecule has 0 aliphatic heterocycles. The van der Waals surface area contributed by atoms with Gasteiger partial charge in [-0.05, 0) is 104 Å². The molecule has 0 heterocycles. The van der Waals surface area contributed by atoms with E-state index in [0.717, 1.165) is 44.9 Å². The van der Waals surface area contributed by atoms with Gasteiger partial charge in [0.05, 0.1) is 30.8 Å². The summed E-state index contributed by atoms with van der Waals surface area (Å²) in [6, 6.07) is 0. The van der Waals surface area contributed by atoms with Gasteiger partial charge in [-0.1, -0.05) is 20.8 Å². The van der Waals surface area contributed by atoms with Gasteiger partial charge in [0, 0.05) is 15.7 Å². The van der Waals surface area contributed by atoms with Gasteiger partial charge in [-0.2, -0.15) is 0 Å². The van der Waals surface area contributed by atoms with E-state index in [2.05, 4.69) is 20.8 Å². The molecular weight excluding hydrogens is 477 g/mol. The number of carbonyl (C=O) groups is 1. The van der Waals surface area contributed by atoms with Gasteiger partial charge in [0.25, 0.3) is 0 Å². The quantitative estimate of drug-likeness (QED) is 0.319. The van der Waals surface area contributed by atoms with Gasteiger partial charge >= 0.3 is 29.6 Å². The second-order valence-electron chi connectivity index (χ2n) is 12.2. The Kier molecular flexibility index (Phi) is 7.78. The molecule has 196 valence electrons. The molecule has 9 heteroatoms. The average molecular weight is 526 g/mol. The van der Waals surface area contributed by atoms with E-state index in [9.17, 15) is 28.0 Å². The van der Waals surface area contributed by atoms with Crippen molar-refractivity contribution in [3.05, 3.63) is 0 Å². The van der Waals surface area contributed by atoms with Crippen LogP contribution in [-0.2, 0) is 14.9 Å². The fraction of sp³-hybridized carbons (Fsp3) is 0.962. The van der Waals surface area contributed by atoms with Gasteiger partial charge in [0.2, 0.25) is 5.91 Å². The molecule has 0 saturated heterocycles. The monoisotopic (exact) mass is 525 g/mol. The first-order valence-corrected chi connectivity index (χ1v) is 14.4. The fourth-order valence-corrected chi connectivity index (χ4v) is 9.21. The normalized spacial score (nSPS) is 46.3. The molecule has 4 aliphatic carbocycles. The second kappa shape index (κ2) is 11.2. The van der Waals surface area contributed by atoms with Crippen LogP contribution in [0.5, 0.6) is 0 Å². The van der Waals surface area contributed by atoms with Crippen molar-refractivity contribution in [2.75, 3.05) is 12.2 Å². The number of aliphatic hydroxyl groups is 2. The maximum atomic E-state index is 12.5. The molecule has 1 amide bonds. The van der Waals surface area contributed by atoms with Crippen LogP contribution in [-0.4, -0.2) is 53.5 Å². The van der Waals surface area contributed by atoms with Crippen LogP contribution in [0.1, 0.15) is 90.5 Å². The van der Waals surface area contributed by atoms with Gasteiger partial charge in [0.1, 0.15) is 0 Å². The zero-order chi connectivity index (χ0) is 28.5. The van der Waals surface area contributed by atoms with Crippen molar-refractivity contribution in [2.45, 2.75) is 97.2 Å². The molecule has 10 atom stereocenters. The molecule has 4 fully saturated rings. The summed E-state index contributed by atoms with van der Waals surface area (Å²) in [4.78, 5) is 12.5. The Morgan fingerprint density at radius 2 is 1.74 bits per heavy atom. The first-order chi connectivity index (χ1) is 17.3. The first kappa shape index (κ1) is 24.3. The fourth-order valence-electron chi connectivity index (χ4n) is 9.03. The molecule has 35 heavy (non-hydrogen) atoms. The third-order valence-electron chi connectivity index (χ3n) is 10.6. The topological polar surface area (TPSA) is 127 Å². The maximum absolute atomic E-state index is 12.5. The van der Waals surface area contributed by atoms with E-state index >= 15 is 0 Å². The molecule has 7 nitrogen and oxygen atoms in total. The minimum atomic E-state index is -5.64. The zero-order valence-corrected chi connectivity index (χ0v) is 24.4. The first-order valence-electron chi connectivity index (χ1n) is 15.0. The Balaban J connectivity index is 0.00000420. The molecule has 0 aromatic heterocycles. The Bertz CT molecular complexity index is 1030. The average Bonchev–Trinajstić information content (AvgIpc) is 3.15. The SMILES string of the molecule is [2H]C([2H])(NC(=O)CC[C@@H](C)[C@H]1CC[C@H]2[C@@H]3C[C@H](O)[C@@H]4C[C@H](O)CC[C@]4(C)[C@H]3CC[C@]12C)C([2H])([2H])S(=O)(=O)[O-].[Na+]. The summed E-state index contributed by atoms with van der Waals surface area (Å²) < 4.78 is 63.6. The summed E-state index contributed by atoms with van der Waals surface area (Å²) >= 11 is 0. The van der Waals surface area contributed by atoms with Crippen LogP contribution in [0.25, 0.3) is 0 Å². The summed E-state index contributed by atoms with van der Waals surface area (Å²) in [5.41, 5.74) is -3.67. The minimum Gasteiger partial charge on any atom is -0.748 e. The zero-order valence-electron chi connectivity index (χ0n) is 25.6. The van der Waals surface area contributed by atoms with Gasteiger partial charge in [-0.3, -0.25) is 4.79 Å². The van der Waals surface area contributed by atoms with Crippen LogP contribution in [0.4, 0.5) is 0 Å². The van der Waals surface area contributed by atoms with Crippen LogP contribution in [0.15, 0.2) is 0 Å². The molecular formula is C26H44NNaO6S. The third kappa shape index (κ3) is 5.99. The molecule has 0 aromatic carbocycles. The molecule has 4 saturated carbocycles. The Morgan fingerprint density at radius 3 is 2.43 bits per heavy atom. The Hall–Kier alpha value is 0.300. The van der Waals surface area contributed by atoms with Crippen LogP contribution >= 0.6 is 0 Å². The van der Waals surface area contributed by atoms with Crippen molar-refractivity contribution in [1.82, 2.24) is 5.32 Å². The van der Waals surface area contributed by atoms with E-state index in [1.54, 1.807) is 5.32 Å². The van der Waals surface area contributed by atoms with Crippen LogP contribution in [0.3, 0.4) is 0 Å². The molecule has 0 spiro atoms. The standard InChI is InChI=1S/C26H45NO6S.Na/c1-16(4-7-24(30)27-12-13-34(31,32)33)19-5-6-20-18-15-23(29)22-14-17(28)8-10-26(22,3)21(18)9-11-25(19,20)2;/h16-23,28-29H,4-15H2,1-3H3,(H,27,30)(H,31,32,33);/q;+1/p-1/t16-,17-,18+,19-,20+,21+,22+,23+,25-,26-;/m1./s1/i12D2,13D2;. The summed E-state index contributed by atoms with van der Waals surface area (Å²) in [6.07, 6.45) is 7.09. The number of hydrogen-bond donors (Lipinski definition) is 3. The van der Waals surface area contributed by atoms with E-state index in [-0.39, 0.29) is 64.7 Å². The number of aliphatic hydroxyl groups excluding tert-OH is 2. The summed E-state index contributed by atoms with van der Waals surface area (Å²) in [6.45, 7) is 3.42. The van der Waals surface area contributed by atoms with E-state index in [1.807, 2.05) is 0 Å². The third-order valence-corrected chi connectivity index (χ3v) is 11.0. The maximum Gasteiger partial charge on any atom is 1.00 e. The van der Waals surface area contributed by atoms with Crippen molar-refractivity contribution in [3.63, 3.8) is 0 Å². The van der Waals surface area contributed by atoms with Crippen molar-refractivity contribution in [2.24, 2.45) is 46.3 Å². The summed E-state index contributed by atoms with van der Waals surface area (Å²) in [5, 5.41) is 23.2. The van der Waals surface area contributed by atoms with E-state index in [0.29, 0.717) is 36.5 Å². The number of carbonyl (C=O) groups excluding carboxylic acids is 1. The summed E-state index contributed by atoms with van der Waals surface area (Å²) in [5.74, 6) is 1.26. The number of hydrogen-bond acceptors (Lipinski definition) is 6. The van der Waals surface area contributed by atoms with Gasteiger partial charge in [0.15, 0.2) is 0 Å². The second-order valence-corrected chi connectivity index (χ2v) is 13.3. The minimum absolute atomic E-state index is 0. The number of fused-ring (bicyclic) bond motifs is 5. The Morgan fingerprint density at radius 1 is 1.09 bits per heavy atom. The molecule has 3 N–H and O–H groups in total. The van der Waals surface area contributed by atoms with Crippen LogP contribution in [0, 0.1) is 46.3 Å². The van der Waals surface area contributed by atoms with Crippen LogP contribution < -0.4 is 34.9 Å². The molecule has 0 radical (unpaired) electrons. The molecule has 0 unspecified atom stereocenters. The van der Waals surface area contributed by atoms with E-state index < -0.39 is 34.3 Å². The predicted octanol–water partition coefficient (Wildman–Crippen LogP) is 0.0587.